The van der Waals surface area contributed by atoms with E-state index < -0.39 is 0 Å². The zero-order chi connectivity index (χ0) is 12.3. The van der Waals surface area contributed by atoms with Crippen LogP contribution < -0.4 is 5.32 Å². The summed E-state index contributed by atoms with van der Waals surface area (Å²) in [5, 5.41) is 4.38. The van der Waals surface area contributed by atoms with Crippen molar-refractivity contribution in [2.45, 2.75) is 6.54 Å². The van der Waals surface area contributed by atoms with Gasteiger partial charge in [-0.3, -0.25) is 0 Å². The normalized spacial score (nSPS) is 10.3. The maximum atomic E-state index is 5.87. The zero-order valence-electron chi connectivity index (χ0n) is 8.75. The lowest BCUT2D eigenvalue weighted by molar-refractivity contribution is 1.10. The summed E-state index contributed by atoms with van der Waals surface area (Å²) in [4.78, 5) is 4.15. The fraction of sp³-hybridized carbons (Fsp3) is 0.0833. The Morgan fingerprint density at radius 1 is 1.18 bits per heavy atom. The zero-order valence-corrected chi connectivity index (χ0v) is 11.9. The molecule has 17 heavy (non-hydrogen) atoms. The van der Waals surface area contributed by atoms with Crippen LogP contribution in [0.2, 0.25) is 10.2 Å². The third-order valence-electron chi connectivity index (χ3n) is 2.19. The van der Waals surface area contributed by atoms with Crippen molar-refractivity contribution in [3.05, 3.63) is 56.6 Å². The first-order valence-corrected chi connectivity index (χ1v) is 6.50. The molecular weight excluding hydrogens is 323 g/mol. The molecule has 0 fully saturated rings. The van der Waals surface area contributed by atoms with E-state index in [1.165, 1.54) is 0 Å². The van der Waals surface area contributed by atoms with Crippen LogP contribution in [0.3, 0.4) is 0 Å². The van der Waals surface area contributed by atoms with Crippen molar-refractivity contribution in [2.75, 3.05) is 5.32 Å². The van der Waals surface area contributed by atoms with Crippen LogP contribution in [0.5, 0.6) is 0 Å². The summed E-state index contributed by atoms with van der Waals surface area (Å²) in [6.07, 6.45) is 0. The summed E-state index contributed by atoms with van der Waals surface area (Å²) >= 11 is 15.1. The van der Waals surface area contributed by atoms with Crippen LogP contribution in [0.4, 0.5) is 5.82 Å². The van der Waals surface area contributed by atoms with Crippen LogP contribution in [-0.2, 0) is 6.54 Å². The smallest absolute Gasteiger partial charge is 0.131 e. The second kappa shape index (κ2) is 5.71. The maximum Gasteiger partial charge on any atom is 0.131 e. The Morgan fingerprint density at radius 2 is 2.00 bits per heavy atom. The fourth-order valence-electron chi connectivity index (χ4n) is 1.36. The van der Waals surface area contributed by atoms with Gasteiger partial charge in [-0.1, -0.05) is 51.3 Å². The molecule has 2 rings (SSSR count). The highest BCUT2D eigenvalue weighted by Gasteiger charge is 2.01. The molecule has 2 nitrogen and oxygen atoms in total. The van der Waals surface area contributed by atoms with Gasteiger partial charge in [-0.25, -0.2) is 4.98 Å². The summed E-state index contributed by atoms with van der Waals surface area (Å²) in [7, 11) is 0. The summed E-state index contributed by atoms with van der Waals surface area (Å²) in [6, 6.07) is 11.2. The third kappa shape index (κ3) is 3.60. The molecule has 5 heteroatoms. The summed E-state index contributed by atoms with van der Waals surface area (Å²) in [5.41, 5.74) is 1.11. The van der Waals surface area contributed by atoms with Gasteiger partial charge in [0, 0.05) is 16.0 Å². The second-order valence-electron chi connectivity index (χ2n) is 3.43. The summed E-state index contributed by atoms with van der Waals surface area (Å²) in [5.74, 6) is 0.749. The minimum atomic E-state index is 0.477. The van der Waals surface area contributed by atoms with Gasteiger partial charge in [-0.2, -0.15) is 0 Å². The van der Waals surface area contributed by atoms with Crippen molar-refractivity contribution in [3.8, 4) is 0 Å². The van der Waals surface area contributed by atoms with Gasteiger partial charge in [0.15, 0.2) is 0 Å². The quantitative estimate of drug-likeness (QED) is 0.820. The average Bonchev–Trinajstić information content (AvgIpc) is 2.28. The number of rotatable bonds is 3. The average molecular weight is 332 g/mol. The second-order valence-corrected chi connectivity index (χ2v) is 5.11. The largest absolute Gasteiger partial charge is 0.366 e. The van der Waals surface area contributed by atoms with Crippen LogP contribution in [0.15, 0.2) is 40.9 Å². The number of nitrogens with one attached hydrogen (secondary N) is 1. The molecule has 0 spiro atoms. The Balaban J connectivity index is 2.07. The summed E-state index contributed by atoms with van der Waals surface area (Å²) < 4.78 is 0.972. The molecular formula is C12H9BrCl2N2. The Labute approximate surface area is 118 Å². The number of pyridine rings is 1. The summed E-state index contributed by atoms with van der Waals surface area (Å²) in [6.45, 7) is 0.658. The molecule has 0 aliphatic rings. The van der Waals surface area contributed by atoms with Gasteiger partial charge < -0.3 is 5.32 Å². The first-order valence-electron chi connectivity index (χ1n) is 4.95. The maximum absolute atomic E-state index is 5.87. The monoisotopic (exact) mass is 330 g/mol. The number of hydrogen-bond acceptors (Lipinski definition) is 2. The van der Waals surface area contributed by atoms with E-state index in [0.717, 1.165) is 15.9 Å². The molecule has 1 aromatic carbocycles. The molecule has 0 unspecified atom stereocenters. The van der Waals surface area contributed by atoms with Crippen LogP contribution in [0, 0.1) is 0 Å². The molecule has 0 radical (unpaired) electrons. The lowest BCUT2D eigenvalue weighted by atomic mass is 10.2. The minimum absolute atomic E-state index is 0.477. The standard InChI is InChI=1S/C12H9BrCl2N2/c13-10-6-9(14)5-4-8(10)7-16-12-3-1-2-11(15)17-12/h1-6H,7H2,(H,16,17). The number of nitrogens with zero attached hydrogens (tertiary/aromatic N) is 1. The number of aromatic nitrogens is 1. The number of benzene rings is 1. The molecule has 0 saturated carbocycles. The molecule has 88 valence electrons. The van der Waals surface area contributed by atoms with Crippen molar-refractivity contribution in [1.29, 1.82) is 0 Å². The van der Waals surface area contributed by atoms with Crippen LogP contribution in [-0.4, -0.2) is 4.98 Å². The molecule has 1 N–H and O–H groups in total. The third-order valence-corrected chi connectivity index (χ3v) is 3.37. The van der Waals surface area contributed by atoms with E-state index >= 15 is 0 Å². The fourth-order valence-corrected chi connectivity index (χ4v) is 2.34. The van der Waals surface area contributed by atoms with Crippen LogP contribution >= 0.6 is 39.1 Å². The first-order chi connectivity index (χ1) is 8.15. The molecule has 1 heterocycles. The molecule has 0 aliphatic heterocycles. The number of anilines is 1. The Morgan fingerprint density at radius 3 is 2.71 bits per heavy atom. The Bertz CT molecular complexity index is 532. The van der Waals surface area contributed by atoms with Gasteiger partial charge in [0.2, 0.25) is 0 Å². The van der Waals surface area contributed by atoms with Crippen LogP contribution in [0.25, 0.3) is 0 Å². The molecule has 1 aromatic heterocycles. The van der Waals surface area contributed by atoms with Gasteiger partial charge >= 0.3 is 0 Å². The Kier molecular flexibility index (Phi) is 4.26. The lowest BCUT2D eigenvalue weighted by Crippen LogP contribution is -2.01. The van der Waals surface area contributed by atoms with E-state index in [0.29, 0.717) is 16.7 Å². The van der Waals surface area contributed by atoms with E-state index in [-0.39, 0.29) is 0 Å². The van der Waals surface area contributed by atoms with Crippen molar-refractivity contribution < 1.29 is 0 Å². The van der Waals surface area contributed by atoms with E-state index in [1.807, 2.05) is 30.3 Å². The Hall–Kier alpha value is -0.770. The number of halogens is 3. The highest BCUT2D eigenvalue weighted by molar-refractivity contribution is 9.10. The van der Waals surface area contributed by atoms with Gasteiger partial charge in [0.05, 0.1) is 0 Å². The molecule has 0 amide bonds. The highest BCUT2D eigenvalue weighted by atomic mass is 79.9. The number of hydrogen-bond donors (Lipinski definition) is 1. The predicted molar refractivity (Wildman–Crippen MR) is 75.7 cm³/mol. The minimum Gasteiger partial charge on any atom is -0.366 e. The molecule has 0 atom stereocenters. The first kappa shape index (κ1) is 12.7. The van der Waals surface area contributed by atoms with E-state index in [1.54, 1.807) is 6.07 Å². The SMILES string of the molecule is Clc1ccc(CNc2cccc(Cl)n2)c(Br)c1. The van der Waals surface area contributed by atoms with Crippen LogP contribution in [0.1, 0.15) is 5.56 Å². The predicted octanol–water partition coefficient (Wildman–Crippen LogP) is 4.76. The van der Waals surface area contributed by atoms with Gasteiger partial charge in [-0.15, -0.1) is 0 Å². The lowest BCUT2D eigenvalue weighted by Gasteiger charge is -2.08. The molecule has 2 aromatic rings. The van der Waals surface area contributed by atoms with Gasteiger partial charge in [0.25, 0.3) is 0 Å². The molecule has 0 aliphatic carbocycles. The highest BCUT2D eigenvalue weighted by Crippen LogP contribution is 2.22. The van der Waals surface area contributed by atoms with Crippen molar-refractivity contribution in [2.24, 2.45) is 0 Å². The van der Waals surface area contributed by atoms with Gasteiger partial charge in [0.1, 0.15) is 11.0 Å². The molecule has 0 bridgehead atoms. The van der Waals surface area contributed by atoms with Crippen molar-refractivity contribution in [1.82, 2.24) is 4.98 Å². The van der Waals surface area contributed by atoms with E-state index in [2.05, 4.69) is 26.2 Å². The van der Waals surface area contributed by atoms with Crippen molar-refractivity contribution in [3.63, 3.8) is 0 Å². The topological polar surface area (TPSA) is 24.9 Å². The van der Waals surface area contributed by atoms with E-state index in [4.69, 9.17) is 23.2 Å². The van der Waals surface area contributed by atoms with Crippen molar-refractivity contribution >= 4 is 44.9 Å². The van der Waals surface area contributed by atoms with E-state index in [9.17, 15) is 0 Å². The molecule has 0 saturated heterocycles. The van der Waals surface area contributed by atoms with Gasteiger partial charge in [-0.05, 0) is 29.8 Å².